The van der Waals surface area contributed by atoms with Crippen LogP contribution in [0.15, 0.2) is 18.2 Å². The lowest BCUT2D eigenvalue weighted by atomic mass is 9.95. The Morgan fingerprint density at radius 3 is 2.67 bits per heavy atom. The number of nitrogens with zero attached hydrogens (tertiary/aromatic N) is 1. The Kier molecular flexibility index (Phi) is 5.33. The van der Waals surface area contributed by atoms with Crippen molar-refractivity contribution >= 4 is 0 Å². The summed E-state index contributed by atoms with van der Waals surface area (Å²) in [5.41, 5.74) is 1.12. The average Bonchev–Trinajstić information content (AvgIpc) is 2.40. The van der Waals surface area contributed by atoms with Crippen LogP contribution in [0.4, 0.5) is 8.78 Å². The minimum absolute atomic E-state index is 0.280. The smallest absolute Gasteiger partial charge is 0.159 e. The molecule has 1 saturated heterocycles. The summed E-state index contributed by atoms with van der Waals surface area (Å²) in [4.78, 5) is 2.32. The molecule has 0 aromatic heterocycles. The molecule has 1 N–H and O–H groups in total. The van der Waals surface area contributed by atoms with E-state index in [1.165, 1.54) is 18.6 Å². The Morgan fingerprint density at radius 1 is 1.24 bits per heavy atom. The molecule has 0 amide bonds. The standard InChI is InChI=1S/C17H26F2N2/c1-17(2,3)12-20-14-5-4-8-21(11-14)10-13-6-7-15(18)16(19)9-13/h6-7,9,14,20H,4-5,8,10-12H2,1-3H3. The summed E-state index contributed by atoms with van der Waals surface area (Å²) in [7, 11) is 0. The molecule has 1 aliphatic heterocycles. The summed E-state index contributed by atoms with van der Waals surface area (Å²) in [6.07, 6.45) is 2.33. The van der Waals surface area contributed by atoms with E-state index >= 15 is 0 Å². The molecule has 0 aliphatic carbocycles. The van der Waals surface area contributed by atoms with Crippen molar-refractivity contribution in [1.82, 2.24) is 10.2 Å². The first-order chi connectivity index (χ1) is 9.83. The highest BCUT2D eigenvalue weighted by atomic mass is 19.2. The number of hydrogen-bond acceptors (Lipinski definition) is 2. The predicted molar refractivity (Wildman–Crippen MR) is 82.1 cm³/mol. The van der Waals surface area contributed by atoms with Gasteiger partial charge in [0, 0.05) is 25.7 Å². The van der Waals surface area contributed by atoms with Gasteiger partial charge in [0.25, 0.3) is 0 Å². The van der Waals surface area contributed by atoms with Gasteiger partial charge in [0.1, 0.15) is 0 Å². The molecule has 1 atom stereocenters. The van der Waals surface area contributed by atoms with Gasteiger partial charge in [-0.2, -0.15) is 0 Å². The van der Waals surface area contributed by atoms with Gasteiger partial charge in [-0.3, -0.25) is 4.90 Å². The van der Waals surface area contributed by atoms with Crippen LogP contribution in [0.2, 0.25) is 0 Å². The Morgan fingerprint density at radius 2 is 2.00 bits per heavy atom. The molecular weight excluding hydrogens is 270 g/mol. The molecule has 4 heteroatoms. The second kappa shape index (κ2) is 6.84. The van der Waals surface area contributed by atoms with Crippen LogP contribution in [0.5, 0.6) is 0 Å². The molecule has 1 aliphatic rings. The van der Waals surface area contributed by atoms with E-state index in [0.29, 0.717) is 12.6 Å². The topological polar surface area (TPSA) is 15.3 Å². The highest BCUT2D eigenvalue weighted by Gasteiger charge is 2.21. The zero-order valence-electron chi connectivity index (χ0n) is 13.3. The monoisotopic (exact) mass is 296 g/mol. The van der Waals surface area contributed by atoms with E-state index in [-0.39, 0.29) is 5.41 Å². The van der Waals surface area contributed by atoms with Gasteiger partial charge in [0.2, 0.25) is 0 Å². The third kappa shape index (κ3) is 5.36. The van der Waals surface area contributed by atoms with Crippen molar-refractivity contribution < 1.29 is 8.78 Å². The number of piperidine rings is 1. The molecule has 2 nitrogen and oxygen atoms in total. The van der Waals surface area contributed by atoms with Crippen molar-refractivity contribution in [3.63, 3.8) is 0 Å². The van der Waals surface area contributed by atoms with Gasteiger partial charge in [0.15, 0.2) is 11.6 Å². The second-order valence-electron chi connectivity index (χ2n) is 7.26. The maximum absolute atomic E-state index is 13.3. The molecule has 118 valence electrons. The highest BCUT2D eigenvalue weighted by Crippen LogP contribution is 2.17. The number of likely N-dealkylation sites (tertiary alicyclic amines) is 1. The number of benzene rings is 1. The van der Waals surface area contributed by atoms with Crippen LogP contribution in [0.25, 0.3) is 0 Å². The third-order valence-electron chi connectivity index (χ3n) is 3.82. The molecule has 1 aromatic rings. The van der Waals surface area contributed by atoms with Crippen molar-refractivity contribution in [2.45, 2.75) is 46.2 Å². The Balaban J connectivity index is 1.87. The zero-order chi connectivity index (χ0) is 15.5. The van der Waals surface area contributed by atoms with Gasteiger partial charge < -0.3 is 5.32 Å². The fraction of sp³-hybridized carbons (Fsp3) is 0.647. The van der Waals surface area contributed by atoms with Crippen LogP contribution in [0.3, 0.4) is 0 Å². The molecular formula is C17H26F2N2. The normalized spacial score (nSPS) is 20.7. The predicted octanol–water partition coefficient (Wildman–Crippen LogP) is 3.56. The molecule has 1 heterocycles. The van der Waals surface area contributed by atoms with Gasteiger partial charge >= 0.3 is 0 Å². The first-order valence-electron chi connectivity index (χ1n) is 7.73. The highest BCUT2D eigenvalue weighted by molar-refractivity contribution is 5.17. The van der Waals surface area contributed by atoms with Gasteiger partial charge in [-0.1, -0.05) is 26.8 Å². The molecule has 1 fully saturated rings. The van der Waals surface area contributed by atoms with Crippen LogP contribution >= 0.6 is 0 Å². The van der Waals surface area contributed by atoms with Crippen LogP contribution in [0.1, 0.15) is 39.2 Å². The number of hydrogen-bond donors (Lipinski definition) is 1. The van der Waals surface area contributed by atoms with E-state index in [0.717, 1.165) is 31.6 Å². The first kappa shape index (κ1) is 16.4. The minimum atomic E-state index is -0.776. The summed E-state index contributed by atoms with van der Waals surface area (Å²) in [5, 5.41) is 3.62. The summed E-state index contributed by atoms with van der Waals surface area (Å²) in [6, 6.07) is 4.68. The maximum atomic E-state index is 13.3. The largest absolute Gasteiger partial charge is 0.312 e. The van der Waals surface area contributed by atoms with Gasteiger partial charge in [-0.15, -0.1) is 0 Å². The van der Waals surface area contributed by atoms with Crippen LogP contribution in [0, 0.1) is 17.0 Å². The maximum Gasteiger partial charge on any atom is 0.159 e. The fourth-order valence-electron chi connectivity index (χ4n) is 2.71. The van der Waals surface area contributed by atoms with Gasteiger partial charge in [-0.25, -0.2) is 8.78 Å². The molecule has 0 radical (unpaired) electrons. The number of nitrogens with one attached hydrogen (secondary N) is 1. The van der Waals surface area contributed by atoms with Gasteiger partial charge in [-0.05, 0) is 42.5 Å². The summed E-state index contributed by atoms with van der Waals surface area (Å²) in [6.45, 7) is 10.3. The van der Waals surface area contributed by atoms with Crippen molar-refractivity contribution in [2.24, 2.45) is 5.41 Å². The zero-order valence-corrected chi connectivity index (χ0v) is 13.3. The third-order valence-corrected chi connectivity index (χ3v) is 3.82. The van der Waals surface area contributed by atoms with E-state index in [2.05, 4.69) is 31.0 Å². The lowest BCUT2D eigenvalue weighted by molar-refractivity contribution is 0.175. The van der Waals surface area contributed by atoms with E-state index in [4.69, 9.17) is 0 Å². The summed E-state index contributed by atoms with van der Waals surface area (Å²) >= 11 is 0. The van der Waals surface area contributed by atoms with E-state index in [1.807, 2.05) is 0 Å². The molecule has 1 aromatic carbocycles. The number of halogens is 2. The van der Waals surface area contributed by atoms with Crippen molar-refractivity contribution in [1.29, 1.82) is 0 Å². The van der Waals surface area contributed by atoms with Crippen molar-refractivity contribution in [3.05, 3.63) is 35.4 Å². The van der Waals surface area contributed by atoms with E-state index < -0.39 is 11.6 Å². The van der Waals surface area contributed by atoms with E-state index in [9.17, 15) is 8.78 Å². The average molecular weight is 296 g/mol. The Labute approximate surface area is 126 Å². The Hall–Kier alpha value is -1.00. The van der Waals surface area contributed by atoms with Crippen molar-refractivity contribution in [3.8, 4) is 0 Å². The molecule has 0 spiro atoms. The quantitative estimate of drug-likeness (QED) is 0.914. The van der Waals surface area contributed by atoms with Crippen LogP contribution < -0.4 is 5.32 Å². The molecule has 21 heavy (non-hydrogen) atoms. The molecule has 0 saturated carbocycles. The Bertz CT molecular complexity index is 468. The molecule has 1 unspecified atom stereocenters. The molecule has 2 rings (SSSR count). The lowest BCUT2D eigenvalue weighted by Gasteiger charge is -2.34. The van der Waals surface area contributed by atoms with Crippen LogP contribution in [-0.4, -0.2) is 30.6 Å². The fourth-order valence-corrected chi connectivity index (χ4v) is 2.71. The van der Waals surface area contributed by atoms with Crippen molar-refractivity contribution in [2.75, 3.05) is 19.6 Å². The van der Waals surface area contributed by atoms with Gasteiger partial charge in [0.05, 0.1) is 0 Å². The lowest BCUT2D eigenvalue weighted by Crippen LogP contribution is -2.47. The van der Waals surface area contributed by atoms with E-state index in [1.54, 1.807) is 6.07 Å². The summed E-state index contributed by atoms with van der Waals surface area (Å²) < 4.78 is 26.2. The second-order valence-corrected chi connectivity index (χ2v) is 7.26. The SMILES string of the molecule is CC(C)(C)CNC1CCCN(Cc2ccc(F)c(F)c2)C1. The first-order valence-corrected chi connectivity index (χ1v) is 7.73. The number of rotatable bonds is 4. The molecule has 0 bridgehead atoms. The van der Waals surface area contributed by atoms with Crippen LogP contribution in [-0.2, 0) is 6.54 Å². The summed E-state index contributed by atoms with van der Waals surface area (Å²) in [5.74, 6) is -1.53. The minimum Gasteiger partial charge on any atom is -0.312 e.